The van der Waals surface area contributed by atoms with Crippen molar-refractivity contribution < 1.29 is 4.74 Å². The Hall–Kier alpha value is -3.33. The molecule has 0 atom stereocenters. The van der Waals surface area contributed by atoms with Crippen LogP contribution in [0.2, 0.25) is 0 Å². The summed E-state index contributed by atoms with van der Waals surface area (Å²) in [6, 6.07) is 23.0. The van der Waals surface area contributed by atoms with Gasteiger partial charge in [0, 0.05) is 6.54 Å². The molecule has 0 N–H and O–H groups in total. The molecule has 0 bridgehead atoms. The van der Waals surface area contributed by atoms with Crippen LogP contribution in [-0.4, -0.2) is 16.7 Å². The number of fused-ring (bicyclic) bond motifs is 1. The van der Waals surface area contributed by atoms with Crippen LogP contribution in [0, 0.1) is 13.8 Å². The molecule has 0 saturated heterocycles. The summed E-state index contributed by atoms with van der Waals surface area (Å²) in [6.07, 6.45) is 4.22. The van der Waals surface area contributed by atoms with Gasteiger partial charge < -0.3 is 9.30 Å². The highest BCUT2D eigenvalue weighted by molar-refractivity contribution is 5.81. The molecule has 1 aromatic heterocycles. The molecule has 1 heterocycles. The maximum absolute atomic E-state index is 5.28. The van der Waals surface area contributed by atoms with Gasteiger partial charge in [-0.25, -0.2) is 4.98 Å². The maximum Gasteiger partial charge on any atom is 0.134 e. The van der Waals surface area contributed by atoms with Crippen LogP contribution in [0.4, 0.5) is 0 Å². The van der Waals surface area contributed by atoms with Gasteiger partial charge in [-0.15, -0.1) is 0 Å². The van der Waals surface area contributed by atoms with Crippen molar-refractivity contribution in [3.63, 3.8) is 0 Å². The second kappa shape index (κ2) is 7.73. The number of ether oxygens (including phenoxy) is 1. The van der Waals surface area contributed by atoms with Crippen molar-refractivity contribution in [2.45, 2.75) is 20.4 Å². The van der Waals surface area contributed by atoms with E-state index in [0.29, 0.717) is 0 Å². The first-order valence-corrected chi connectivity index (χ1v) is 9.47. The number of imidazole rings is 1. The van der Waals surface area contributed by atoms with Gasteiger partial charge in [0.15, 0.2) is 0 Å². The quantitative estimate of drug-likeness (QED) is 0.440. The zero-order valence-corrected chi connectivity index (χ0v) is 16.5. The number of rotatable bonds is 5. The summed E-state index contributed by atoms with van der Waals surface area (Å²) in [7, 11) is 1.69. The standard InChI is InChI=1S/C25H24N2O/c1-18-15-23-24(16-19(18)2)27(17-21-9-12-22(28-3)13-10-21)25(26-23)14-11-20-7-5-4-6-8-20/h4-16H,17H2,1-3H3. The molecule has 0 aliphatic rings. The van der Waals surface area contributed by atoms with E-state index in [1.54, 1.807) is 7.11 Å². The minimum atomic E-state index is 0.761. The second-order valence-electron chi connectivity index (χ2n) is 7.07. The predicted molar refractivity (Wildman–Crippen MR) is 117 cm³/mol. The molecule has 0 fully saturated rings. The van der Waals surface area contributed by atoms with E-state index < -0.39 is 0 Å². The molecule has 0 aliphatic heterocycles. The van der Waals surface area contributed by atoms with Crippen molar-refractivity contribution >= 4 is 23.2 Å². The molecule has 3 heteroatoms. The molecule has 28 heavy (non-hydrogen) atoms. The predicted octanol–water partition coefficient (Wildman–Crippen LogP) is 5.88. The highest BCUT2D eigenvalue weighted by Crippen LogP contribution is 2.24. The molecular formula is C25H24N2O. The lowest BCUT2D eigenvalue weighted by Gasteiger charge is -2.09. The number of benzene rings is 3. The van der Waals surface area contributed by atoms with Crippen LogP contribution in [0.3, 0.4) is 0 Å². The number of hydrogen-bond acceptors (Lipinski definition) is 2. The molecule has 3 nitrogen and oxygen atoms in total. The molecule has 0 amide bonds. The van der Waals surface area contributed by atoms with E-state index in [-0.39, 0.29) is 0 Å². The molecule has 0 saturated carbocycles. The summed E-state index contributed by atoms with van der Waals surface area (Å²) in [4.78, 5) is 4.91. The Morgan fingerprint density at radius 3 is 2.32 bits per heavy atom. The highest BCUT2D eigenvalue weighted by Gasteiger charge is 2.11. The first-order valence-electron chi connectivity index (χ1n) is 9.47. The van der Waals surface area contributed by atoms with Crippen molar-refractivity contribution in [3.05, 3.63) is 94.8 Å². The van der Waals surface area contributed by atoms with Gasteiger partial charge in [0.25, 0.3) is 0 Å². The molecule has 140 valence electrons. The van der Waals surface area contributed by atoms with E-state index in [1.165, 1.54) is 16.7 Å². The summed E-state index contributed by atoms with van der Waals surface area (Å²) >= 11 is 0. The molecular weight excluding hydrogens is 344 g/mol. The number of methoxy groups -OCH3 is 1. The van der Waals surface area contributed by atoms with Gasteiger partial charge in [-0.05, 0) is 66.4 Å². The van der Waals surface area contributed by atoms with Crippen LogP contribution in [-0.2, 0) is 6.54 Å². The van der Waals surface area contributed by atoms with E-state index in [1.807, 2.05) is 30.3 Å². The van der Waals surface area contributed by atoms with Gasteiger partial charge in [0.2, 0.25) is 0 Å². The summed E-state index contributed by atoms with van der Waals surface area (Å²) in [6.45, 7) is 5.05. The summed E-state index contributed by atoms with van der Waals surface area (Å²) < 4.78 is 7.57. The average Bonchev–Trinajstić information content (AvgIpc) is 3.04. The highest BCUT2D eigenvalue weighted by atomic mass is 16.5. The smallest absolute Gasteiger partial charge is 0.134 e. The summed E-state index contributed by atoms with van der Waals surface area (Å²) in [5, 5.41) is 0. The minimum absolute atomic E-state index is 0.761. The van der Waals surface area contributed by atoms with E-state index in [0.717, 1.165) is 34.7 Å². The lowest BCUT2D eigenvalue weighted by Crippen LogP contribution is -2.02. The van der Waals surface area contributed by atoms with E-state index in [2.05, 4.69) is 67.0 Å². The zero-order valence-electron chi connectivity index (χ0n) is 16.5. The molecule has 0 radical (unpaired) electrons. The molecule has 3 aromatic carbocycles. The Bertz CT molecular complexity index is 1120. The topological polar surface area (TPSA) is 27.1 Å². The fraction of sp³-hybridized carbons (Fsp3) is 0.160. The van der Waals surface area contributed by atoms with Crippen LogP contribution in [0.1, 0.15) is 28.1 Å². The van der Waals surface area contributed by atoms with E-state index >= 15 is 0 Å². The van der Waals surface area contributed by atoms with Gasteiger partial charge in [0.1, 0.15) is 11.6 Å². The van der Waals surface area contributed by atoms with Crippen molar-refractivity contribution in [2.24, 2.45) is 0 Å². The Balaban J connectivity index is 1.78. The van der Waals surface area contributed by atoms with Gasteiger partial charge in [-0.1, -0.05) is 48.5 Å². The SMILES string of the molecule is COc1ccc(Cn2c(C=Cc3ccccc3)nc3cc(C)c(C)cc32)cc1. The van der Waals surface area contributed by atoms with Crippen molar-refractivity contribution in [2.75, 3.05) is 7.11 Å². The Labute approximate surface area is 165 Å². The number of aryl methyl sites for hydroxylation is 2. The van der Waals surface area contributed by atoms with Crippen molar-refractivity contribution in [1.29, 1.82) is 0 Å². The number of hydrogen-bond donors (Lipinski definition) is 0. The lowest BCUT2D eigenvalue weighted by atomic mass is 10.1. The largest absolute Gasteiger partial charge is 0.497 e. The number of nitrogens with zero attached hydrogens (tertiary/aromatic N) is 2. The average molecular weight is 368 g/mol. The lowest BCUT2D eigenvalue weighted by molar-refractivity contribution is 0.414. The van der Waals surface area contributed by atoms with Crippen molar-refractivity contribution in [1.82, 2.24) is 9.55 Å². The number of aromatic nitrogens is 2. The van der Waals surface area contributed by atoms with Crippen LogP contribution in [0.25, 0.3) is 23.2 Å². The first-order chi connectivity index (χ1) is 13.6. The van der Waals surface area contributed by atoms with Crippen LogP contribution in [0.5, 0.6) is 5.75 Å². The fourth-order valence-electron chi connectivity index (χ4n) is 3.34. The van der Waals surface area contributed by atoms with Crippen LogP contribution in [0.15, 0.2) is 66.7 Å². The van der Waals surface area contributed by atoms with Crippen molar-refractivity contribution in [3.8, 4) is 5.75 Å². The van der Waals surface area contributed by atoms with Gasteiger partial charge in [0.05, 0.1) is 18.1 Å². The molecule has 0 spiro atoms. The Morgan fingerprint density at radius 2 is 1.61 bits per heavy atom. The van der Waals surface area contributed by atoms with E-state index in [9.17, 15) is 0 Å². The fourth-order valence-corrected chi connectivity index (χ4v) is 3.34. The van der Waals surface area contributed by atoms with Gasteiger partial charge in [-0.2, -0.15) is 0 Å². The minimum Gasteiger partial charge on any atom is -0.497 e. The zero-order chi connectivity index (χ0) is 19.5. The third kappa shape index (κ3) is 3.70. The van der Waals surface area contributed by atoms with Crippen LogP contribution >= 0.6 is 0 Å². The monoisotopic (exact) mass is 368 g/mol. The third-order valence-electron chi connectivity index (χ3n) is 5.12. The maximum atomic E-state index is 5.28. The second-order valence-corrected chi connectivity index (χ2v) is 7.07. The third-order valence-corrected chi connectivity index (χ3v) is 5.12. The Kier molecular flexibility index (Phi) is 4.98. The molecule has 0 aliphatic carbocycles. The molecule has 4 rings (SSSR count). The summed E-state index contributed by atoms with van der Waals surface area (Å²) in [5.74, 6) is 1.83. The molecule has 4 aromatic rings. The normalized spacial score (nSPS) is 11.4. The van der Waals surface area contributed by atoms with E-state index in [4.69, 9.17) is 9.72 Å². The first kappa shape index (κ1) is 18.1. The van der Waals surface area contributed by atoms with Gasteiger partial charge in [-0.3, -0.25) is 0 Å². The van der Waals surface area contributed by atoms with Gasteiger partial charge >= 0.3 is 0 Å². The molecule has 0 unspecified atom stereocenters. The van der Waals surface area contributed by atoms with Crippen LogP contribution < -0.4 is 4.74 Å². The Morgan fingerprint density at radius 1 is 0.893 bits per heavy atom. The summed E-state index contributed by atoms with van der Waals surface area (Å²) in [5.41, 5.74) is 7.11.